The third-order valence-corrected chi connectivity index (χ3v) is 7.04. The molecule has 2 atom stereocenters. The van der Waals surface area contributed by atoms with Crippen LogP contribution in [0, 0.1) is 17.1 Å². The van der Waals surface area contributed by atoms with Crippen molar-refractivity contribution in [1.82, 2.24) is 0 Å². The summed E-state index contributed by atoms with van der Waals surface area (Å²) in [6.07, 6.45) is 1.99. The average molecular weight is 430 g/mol. The van der Waals surface area contributed by atoms with Crippen LogP contribution in [0.1, 0.15) is 55.7 Å². The molecule has 0 spiro atoms. The lowest BCUT2D eigenvalue weighted by molar-refractivity contribution is -0.0983. The minimum Gasteiger partial charge on any atom is -0.355 e. The van der Waals surface area contributed by atoms with Crippen LogP contribution in [0.4, 0.5) is 28.9 Å². The fraction of sp³-hybridized carbons (Fsp3) is 0.400. The molecule has 2 N–H and O–H groups in total. The normalized spacial score (nSPS) is 23.3. The first-order chi connectivity index (χ1) is 14.8. The van der Waals surface area contributed by atoms with Gasteiger partial charge in [-0.3, -0.25) is 0 Å². The molecule has 2 aromatic carbocycles. The second-order valence-electron chi connectivity index (χ2n) is 8.61. The summed E-state index contributed by atoms with van der Waals surface area (Å²) >= 11 is 0. The number of fused-ring (bicyclic) bond motifs is 3. The highest BCUT2D eigenvalue weighted by atomic mass is 19.4. The molecule has 2 aliphatic rings. The number of nitrogens with one attached hydrogen (secondary N) is 2. The van der Waals surface area contributed by atoms with Crippen molar-refractivity contribution >= 4 is 17.6 Å². The number of halogens is 4. The highest BCUT2D eigenvalue weighted by Gasteiger charge is 2.47. The summed E-state index contributed by atoms with van der Waals surface area (Å²) in [5.41, 5.74) is 3.63. The van der Waals surface area contributed by atoms with Crippen molar-refractivity contribution in [3.8, 4) is 0 Å². The van der Waals surface area contributed by atoms with E-state index in [1.807, 2.05) is 12.1 Å². The first-order valence-electron chi connectivity index (χ1n) is 10.7. The lowest BCUT2D eigenvalue weighted by Gasteiger charge is -2.44. The van der Waals surface area contributed by atoms with Gasteiger partial charge in [0.05, 0.1) is 0 Å². The van der Waals surface area contributed by atoms with Crippen LogP contribution in [0.2, 0.25) is 0 Å². The van der Waals surface area contributed by atoms with Gasteiger partial charge in [-0.05, 0) is 92.0 Å². The molecule has 6 heteroatoms. The number of alkyl halides is 3. The van der Waals surface area contributed by atoms with Crippen LogP contribution in [0.25, 0.3) is 0 Å². The first-order valence-corrected chi connectivity index (χ1v) is 10.7. The van der Waals surface area contributed by atoms with Gasteiger partial charge in [-0.1, -0.05) is 13.0 Å². The van der Waals surface area contributed by atoms with Gasteiger partial charge >= 0.3 is 6.18 Å². The molecule has 164 valence electrons. The summed E-state index contributed by atoms with van der Waals surface area (Å²) in [7, 11) is 0. The van der Waals surface area contributed by atoms with Gasteiger partial charge in [-0.2, -0.15) is 13.2 Å². The van der Waals surface area contributed by atoms with Crippen LogP contribution >= 0.6 is 0 Å². The third-order valence-electron chi connectivity index (χ3n) is 7.04. The second kappa shape index (κ2) is 8.13. The molecule has 2 nitrogen and oxygen atoms in total. The fourth-order valence-electron chi connectivity index (χ4n) is 5.37. The fourth-order valence-corrected chi connectivity index (χ4v) is 5.37. The van der Waals surface area contributed by atoms with E-state index >= 15 is 0 Å². The van der Waals surface area contributed by atoms with Gasteiger partial charge < -0.3 is 10.7 Å². The number of hydrogen-bond donors (Lipinski definition) is 2. The minimum absolute atomic E-state index is 0.0603. The molecule has 0 aliphatic heterocycles. The maximum absolute atomic E-state index is 13.4. The monoisotopic (exact) mass is 430 g/mol. The van der Waals surface area contributed by atoms with Crippen molar-refractivity contribution in [2.45, 2.75) is 57.0 Å². The Hall–Kier alpha value is -2.63. The summed E-state index contributed by atoms with van der Waals surface area (Å²) in [6, 6.07) is 10.0. The zero-order valence-corrected chi connectivity index (χ0v) is 17.5. The highest BCUT2D eigenvalue weighted by molar-refractivity contribution is 5.88. The van der Waals surface area contributed by atoms with E-state index in [-0.39, 0.29) is 23.6 Å². The number of rotatable bonds is 4. The van der Waals surface area contributed by atoms with Crippen LogP contribution in [0.15, 0.2) is 48.0 Å². The van der Waals surface area contributed by atoms with E-state index in [0.717, 1.165) is 48.2 Å². The standard InChI is InChI=1S/C25H26F4N2/c1-2-24-11-10-19(25(27,28)29)14-18(24)5-3-4-16-13-23(17(15-30)12-22(16)24)31-21-8-6-20(26)7-9-21/h6-10,12-13,15,18,30-31H,2-5,11,14H2,1H3. The lowest BCUT2D eigenvalue weighted by Crippen LogP contribution is -2.39. The lowest BCUT2D eigenvalue weighted by atomic mass is 9.60. The number of hydrogen-bond acceptors (Lipinski definition) is 2. The summed E-state index contributed by atoms with van der Waals surface area (Å²) in [5.74, 6) is -0.380. The van der Waals surface area contributed by atoms with Gasteiger partial charge in [0.25, 0.3) is 0 Å². The van der Waals surface area contributed by atoms with Crippen molar-refractivity contribution in [1.29, 1.82) is 5.41 Å². The van der Waals surface area contributed by atoms with Gasteiger partial charge in [0.2, 0.25) is 0 Å². The van der Waals surface area contributed by atoms with Crippen LogP contribution in [0.5, 0.6) is 0 Å². The Kier molecular flexibility index (Phi) is 5.67. The van der Waals surface area contributed by atoms with Gasteiger partial charge in [0, 0.05) is 34.1 Å². The maximum atomic E-state index is 13.4. The maximum Gasteiger partial charge on any atom is 0.412 e. The Bertz CT molecular complexity index is 1010. The smallest absolute Gasteiger partial charge is 0.355 e. The van der Waals surface area contributed by atoms with Gasteiger partial charge in [-0.15, -0.1) is 0 Å². The largest absolute Gasteiger partial charge is 0.412 e. The van der Waals surface area contributed by atoms with Gasteiger partial charge in [0.15, 0.2) is 0 Å². The number of aryl methyl sites for hydroxylation is 1. The van der Waals surface area contributed by atoms with E-state index in [4.69, 9.17) is 5.41 Å². The Morgan fingerprint density at radius 3 is 2.58 bits per heavy atom. The van der Waals surface area contributed by atoms with Crippen LogP contribution in [-0.2, 0) is 11.8 Å². The summed E-state index contributed by atoms with van der Waals surface area (Å²) < 4.78 is 53.4. The molecule has 31 heavy (non-hydrogen) atoms. The van der Waals surface area contributed by atoms with Crippen LogP contribution < -0.4 is 5.32 Å². The van der Waals surface area contributed by atoms with Gasteiger partial charge in [0.1, 0.15) is 5.82 Å². The Morgan fingerprint density at radius 1 is 1.19 bits per heavy atom. The van der Waals surface area contributed by atoms with Crippen molar-refractivity contribution < 1.29 is 17.6 Å². The third kappa shape index (κ3) is 4.00. The Labute approximate surface area is 179 Å². The molecule has 0 amide bonds. The zero-order chi connectivity index (χ0) is 22.2. The van der Waals surface area contributed by atoms with E-state index in [2.05, 4.69) is 12.2 Å². The highest BCUT2D eigenvalue weighted by Crippen LogP contribution is 2.53. The molecule has 0 radical (unpaired) electrons. The molecule has 0 heterocycles. The molecule has 2 unspecified atom stereocenters. The average Bonchev–Trinajstić information content (AvgIpc) is 2.90. The molecule has 0 saturated carbocycles. The van der Waals surface area contributed by atoms with Crippen LogP contribution in [0.3, 0.4) is 0 Å². The second-order valence-corrected chi connectivity index (χ2v) is 8.61. The van der Waals surface area contributed by atoms with Gasteiger partial charge in [-0.25, -0.2) is 4.39 Å². The first kappa shape index (κ1) is 21.6. The molecule has 2 aliphatic carbocycles. The zero-order valence-electron chi connectivity index (χ0n) is 17.5. The predicted molar refractivity (Wildman–Crippen MR) is 116 cm³/mol. The summed E-state index contributed by atoms with van der Waals surface area (Å²) in [5, 5.41) is 11.2. The molecular formula is C25H26F4N2. The van der Waals surface area contributed by atoms with Crippen molar-refractivity contribution in [2.24, 2.45) is 5.92 Å². The van der Waals surface area contributed by atoms with E-state index in [0.29, 0.717) is 12.0 Å². The topological polar surface area (TPSA) is 35.9 Å². The summed E-state index contributed by atoms with van der Waals surface area (Å²) in [4.78, 5) is 0. The molecule has 0 fully saturated rings. The molecular weight excluding hydrogens is 404 g/mol. The molecule has 4 rings (SSSR count). The van der Waals surface area contributed by atoms with Crippen molar-refractivity contribution in [3.63, 3.8) is 0 Å². The molecule has 0 saturated heterocycles. The van der Waals surface area contributed by atoms with E-state index < -0.39 is 11.7 Å². The minimum atomic E-state index is -4.27. The SMILES string of the molecule is CCC12CC=C(C(F)(F)F)CC1CCCc1cc(Nc3ccc(F)cc3)c(C=N)cc12. The number of benzene rings is 2. The van der Waals surface area contributed by atoms with Crippen molar-refractivity contribution in [2.75, 3.05) is 5.32 Å². The summed E-state index contributed by atoms with van der Waals surface area (Å²) in [6.45, 7) is 2.06. The Morgan fingerprint density at radius 2 is 1.94 bits per heavy atom. The number of anilines is 2. The van der Waals surface area contributed by atoms with Crippen molar-refractivity contribution in [3.05, 3.63) is 70.6 Å². The number of allylic oxidation sites excluding steroid dienone is 2. The predicted octanol–water partition coefficient (Wildman–Crippen LogP) is 7.45. The molecule has 2 aromatic rings. The van der Waals surface area contributed by atoms with Crippen LogP contribution in [-0.4, -0.2) is 12.4 Å². The van der Waals surface area contributed by atoms with E-state index in [1.165, 1.54) is 24.4 Å². The van der Waals surface area contributed by atoms with E-state index in [9.17, 15) is 17.6 Å². The molecule has 0 aromatic heterocycles. The quantitative estimate of drug-likeness (QED) is 0.295. The van der Waals surface area contributed by atoms with E-state index in [1.54, 1.807) is 12.1 Å². The molecule has 0 bridgehead atoms. The Balaban J connectivity index is 1.77.